The second kappa shape index (κ2) is 6.02. The Bertz CT molecular complexity index is 284. The second-order valence-electron chi connectivity index (χ2n) is 5.83. The molecule has 2 rings (SSSR count). The van der Waals surface area contributed by atoms with E-state index in [2.05, 4.69) is 0 Å². The highest BCUT2D eigenvalue weighted by atomic mass is 16.5. The summed E-state index contributed by atoms with van der Waals surface area (Å²) in [7, 11) is 0. The molecule has 0 radical (unpaired) electrons. The SMILES string of the molecule is CCN(C(=O)COCC1(N)CCCCC1)C1CC1. The first-order chi connectivity index (χ1) is 8.64. The van der Waals surface area contributed by atoms with Crippen LogP contribution in [0.3, 0.4) is 0 Å². The van der Waals surface area contributed by atoms with Crippen LogP contribution in [0.25, 0.3) is 0 Å². The van der Waals surface area contributed by atoms with E-state index >= 15 is 0 Å². The van der Waals surface area contributed by atoms with E-state index in [1.807, 2.05) is 11.8 Å². The fourth-order valence-corrected chi connectivity index (χ4v) is 2.85. The Kier molecular flexibility index (Phi) is 4.62. The van der Waals surface area contributed by atoms with E-state index < -0.39 is 0 Å². The van der Waals surface area contributed by atoms with Gasteiger partial charge in [-0.25, -0.2) is 0 Å². The molecule has 2 aliphatic carbocycles. The zero-order valence-corrected chi connectivity index (χ0v) is 11.5. The van der Waals surface area contributed by atoms with E-state index in [0.29, 0.717) is 12.6 Å². The number of likely N-dealkylation sites (N-methyl/N-ethyl adjacent to an activating group) is 1. The number of nitrogens with zero attached hydrogens (tertiary/aromatic N) is 1. The van der Waals surface area contributed by atoms with Gasteiger partial charge in [-0.15, -0.1) is 0 Å². The van der Waals surface area contributed by atoms with Crippen LogP contribution in [-0.4, -0.2) is 42.1 Å². The van der Waals surface area contributed by atoms with Gasteiger partial charge in [0.2, 0.25) is 5.91 Å². The molecule has 0 saturated heterocycles. The van der Waals surface area contributed by atoms with Crippen molar-refractivity contribution in [2.45, 2.75) is 63.5 Å². The quantitative estimate of drug-likeness (QED) is 0.784. The van der Waals surface area contributed by atoms with Gasteiger partial charge in [-0.2, -0.15) is 0 Å². The topological polar surface area (TPSA) is 55.6 Å². The average molecular weight is 254 g/mol. The lowest BCUT2D eigenvalue weighted by Crippen LogP contribution is -2.47. The van der Waals surface area contributed by atoms with Crippen LogP contribution in [0.4, 0.5) is 0 Å². The Balaban J connectivity index is 1.69. The van der Waals surface area contributed by atoms with Crippen molar-refractivity contribution in [3.8, 4) is 0 Å². The monoisotopic (exact) mass is 254 g/mol. The third-order valence-corrected chi connectivity index (χ3v) is 4.11. The molecule has 2 fully saturated rings. The molecule has 0 heterocycles. The molecule has 0 aromatic heterocycles. The van der Waals surface area contributed by atoms with Crippen LogP contribution in [0.1, 0.15) is 51.9 Å². The van der Waals surface area contributed by atoms with Gasteiger partial charge >= 0.3 is 0 Å². The van der Waals surface area contributed by atoms with E-state index in [1.165, 1.54) is 19.3 Å². The van der Waals surface area contributed by atoms with Crippen LogP contribution in [0.15, 0.2) is 0 Å². The standard InChI is InChI=1S/C14H26N2O2/c1-2-16(12-6-7-12)13(17)10-18-11-14(15)8-4-3-5-9-14/h12H,2-11,15H2,1H3. The van der Waals surface area contributed by atoms with Crippen LogP contribution in [0.5, 0.6) is 0 Å². The number of ether oxygens (including phenoxy) is 1. The molecule has 0 aliphatic heterocycles. The number of rotatable bonds is 6. The number of amides is 1. The van der Waals surface area contributed by atoms with Crippen molar-refractivity contribution < 1.29 is 9.53 Å². The summed E-state index contributed by atoms with van der Waals surface area (Å²) in [4.78, 5) is 13.9. The molecule has 0 unspecified atom stereocenters. The van der Waals surface area contributed by atoms with Crippen molar-refractivity contribution in [3.05, 3.63) is 0 Å². The molecule has 18 heavy (non-hydrogen) atoms. The van der Waals surface area contributed by atoms with Gasteiger partial charge < -0.3 is 15.4 Å². The normalized spacial score (nSPS) is 22.8. The van der Waals surface area contributed by atoms with E-state index in [4.69, 9.17) is 10.5 Å². The molecule has 104 valence electrons. The van der Waals surface area contributed by atoms with E-state index in [-0.39, 0.29) is 18.1 Å². The van der Waals surface area contributed by atoms with Crippen LogP contribution in [0, 0.1) is 0 Å². The molecular formula is C14H26N2O2. The maximum atomic E-state index is 12.0. The fraction of sp³-hybridized carbons (Fsp3) is 0.929. The number of carbonyl (C=O) groups is 1. The highest BCUT2D eigenvalue weighted by Gasteiger charge is 2.32. The van der Waals surface area contributed by atoms with Gasteiger partial charge in [0, 0.05) is 18.1 Å². The third-order valence-electron chi connectivity index (χ3n) is 4.11. The first-order valence-corrected chi connectivity index (χ1v) is 7.31. The Hall–Kier alpha value is -0.610. The Morgan fingerprint density at radius 2 is 2.00 bits per heavy atom. The van der Waals surface area contributed by atoms with E-state index in [0.717, 1.165) is 32.2 Å². The first kappa shape index (κ1) is 13.8. The predicted octanol–water partition coefficient (Wildman–Crippen LogP) is 1.68. The predicted molar refractivity (Wildman–Crippen MR) is 71.2 cm³/mol. The van der Waals surface area contributed by atoms with Gasteiger partial charge in [0.05, 0.1) is 6.61 Å². The zero-order chi connectivity index (χ0) is 13.0. The summed E-state index contributed by atoms with van der Waals surface area (Å²) in [5.41, 5.74) is 6.09. The van der Waals surface area contributed by atoms with Crippen LogP contribution in [-0.2, 0) is 9.53 Å². The summed E-state index contributed by atoms with van der Waals surface area (Å²) in [5.74, 6) is 0.124. The minimum absolute atomic E-state index is 0.124. The third kappa shape index (κ3) is 3.69. The van der Waals surface area contributed by atoms with Crippen molar-refractivity contribution in [2.75, 3.05) is 19.8 Å². The molecule has 0 aromatic carbocycles. The number of hydrogen-bond donors (Lipinski definition) is 1. The van der Waals surface area contributed by atoms with Crippen molar-refractivity contribution in [1.29, 1.82) is 0 Å². The van der Waals surface area contributed by atoms with Crippen molar-refractivity contribution >= 4 is 5.91 Å². The zero-order valence-electron chi connectivity index (χ0n) is 11.5. The lowest BCUT2D eigenvalue weighted by atomic mass is 9.83. The highest BCUT2D eigenvalue weighted by Crippen LogP contribution is 2.27. The minimum Gasteiger partial charge on any atom is -0.370 e. The summed E-state index contributed by atoms with van der Waals surface area (Å²) >= 11 is 0. The summed E-state index contributed by atoms with van der Waals surface area (Å²) in [6.07, 6.45) is 8.03. The summed E-state index contributed by atoms with van der Waals surface area (Å²) in [6, 6.07) is 0.479. The number of carbonyl (C=O) groups excluding carboxylic acids is 1. The number of nitrogens with two attached hydrogens (primary N) is 1. The molecule has 0 bridgehead atoms. The van der Waals surface area contributed by atoms with Gasteiger partial charge in [-0.05, 0) is 32.6 Å². The lowest BCUT2D eigenvalue weighted by molar-refractivity contribution is -0.137. The summed E-state index contributed by atoms with van der Waals surface area (Å²) < 4.78 is 5.58. The van der Waals surface area contributed by atoms with Crippen molar-refractivity contribution in [2.24, 2.45) is 5.73 Å². The number of hydrogen-bond acceptors (Lipinski definition) is 3. The molecule has 0 spiro atoms. The van der Waals surface area contributed by atoms with Gasteiger partial charge in [0.15, 0.2) is 0 Å². The Morgan fingerprint density at radius 1 is 1.33 bits per heavy atom. The van der Waals surface area contributed by atoms with Crippen LogP contribution < -0.4 is 5.73 Å². The average Bonchev–Trinajstić information content (AvgIpc) is 3.15. The molecule has 0 atom stereocenters. The highest BCUT2D eigenvalue weighted by molar-refractivity contribution is 5.78. The molecular weight excluding hydrogens is 228 g/mol. The maximum Gasteiger partial charge on any atom is 0.248 e. The Morgan fingerprint density at radius 3 is 2.56 bits per heavy atom. The molecule has 4 nitrogen and oxygen atoms in total. The lowest BCUT2D eigenvalue weighted by Gasteiger charge is -2.33. The van der Waals surface area contributed by atoms with E-state index in [9.17, 15) is 4.79 Å². The minimum atomic E-state index is -0.185. The van der Waals surface area contributed by atoms with Crippen LogP contribution >= 0.6 is 0 Å². The molecule has 4 heteroatoms. The smallest absolute Gasteiger partial charge is 0.248 e. The fourth-order valence-electron chi connectivity index (χ4n) is 2.85. The Labute approximate surface area is 110 Å². The van der Waals surface area contributed by atoms with Gasteiger partial charge in [-0.1, -0.05) is 19.3 Å². The molecule has 0 aromatic rings. The maximum absolute atomic E-state index is 12.0. The van der Waals surface area contributed by atoms with Gasteiger partial charge in [0.25, 0.3) is 0 Å². The molecule has 2 N–H and O–H groups in total. The van der Waals surface area contributed by atoms with Crippen LogP contribution in [0.2, 0.25) is 0 Å². The molecule has 1 amide bonds. The van der Waals surface area contributed by atoms with Crippen molar-refractivity contribution in [1.82, 2.24) is 4.90 Å². The van der Waals surface area contributed by atoms with E-state index in [1.54, 1.807) is 0 Å². The molecule has 2 aliphatic rings. The second-order valence-corrected chi connectivity index (χ2v) is 5.83. The molecule has 2 saturated carbocycles. The largest absolute Gasteiger partial charge is 0.370 e. The first-order valence-electron chi connectivity index (χ1n) is 7.31. The van der Waals surface area contributed by atoms with Gasteiger partial charge in [0.1, 0.15) is 6.61 Å². The summed E-state index contributed by atoms with van der Waals surface area (Å²) in [5, 5.41) is 0. The van der Waals surface area contributed by atoms with Gasteiger partial charge in [-0.3, -0.25) is 4.79 Å². The van der Waals surface area contributed by atoms with Crippen molar-refractivity contribution in [3.63, 3.8) is 0 Å². The summed E-state index contributed by atoms with van der Waals surface area (Å²) in [6.45, 7) is 3.55.